The van der Waals surface area contributed by atoms with Gasteiger partial charge in [-0.1, -0.05) is 24.3 Å². The van der Waals surface area contributed by atoms with E-state index in [0.29, 0.717) is 0 Å². The van der Waals surface area contributed by atoms with Crippen LogP contribution in [0.1, 0.15) is 30.1 Å². The quantitative estimate of drug-likeness (QED) is 0.646. The molecule has 1 saturated heterocycles. The molecule has 0 unspecified atom stereocenters. The fraction of sp³-hybridized carbons (Fsp3) is 0.500. The Bertz CT molecular complexity index is 311. The molecule has 0 spiro atoms. The van der Waals surface area contributed by atoms with Crippen molar-refractivity contribution >= 4 is 11.6 Å². The Balaban J connectivity index is 2.25. The van der Waals surface area contributed by atoms with E-state index >= 15 is 0 Å². The van der Waals surface area contributed by atoms with Crippen molar-refractivity contribution < 1.29 is 4.74 Å². The molecule has 1 heterocycles. The molecule has 2 heteroatoms. The van der Waals surface area contributed by atoms with Crippen LogP contribution in [0.3, 0.4) is 0 Å². The number of aryl methyl sites for hydroxylation is 1. The smallest absolute Gasteiger partial charge is 0.0990 e. The molecule has 1 nitrogen and oxygen atoms in total. The van der Waals surface area contributed by atoms with Gasteiger partial charge < -0.3 is 4.74 Å². The minimum absolute atomic E-state index is 0.0895. The number of alkyl halides is 1. The lowest BCUT2D eigenvalue weighted by atomic mass is 9.97. The topological polar surface area (TPSA) is 9.23 Å². The van der Waals surface area contributed by atoms with Crippen LogP contribution in [0, 0.1) is 6.92 Å². The molecule has 1 aromatic carbocycles. The maximum Gasteiger partial charge on any atom is 0.0990 e. The molecule has 0 bridgehead atoms. The van der Waals surface area contributed by atoms with Crippen molar-refractivity contribution in [3.05, 3.63) is 35.4 Å². The van der Waals surface area contributed by atoms with E-state index in [2.05, 4.69) is 19.1 Å². The van der Waals surface area contributed by atoms with Crippen molar-refractivity contribution in [1.82, 2.24) is 0 Å². The van der Waals surface area contributed by atoms with E-state index in [1.165, 1.54) is 11.1 Å². The molecule has 1 aliphatic heterocycles. The molecular weight excluding hydrogens is 196 g/mol. The average molecular weight is 211 g/mol. The molecule has 14 heavy (non-hydrogen) atoms. The van der Waals surface area contributed by atoms with Gasteiger partial charge in [-0.05, 0) is 30.9 Å². The molecule has 0 amide bonds. The zero-order valence-corrected chi connectivity index (χ0v) is 9.13. The lowest BCUT2D eigenvalue weighted by Gasteiger charge is -2.28. The molecule has 2 rings (SSSR count). The number of hydrogen-bond acceptors (Lipinski definition) is 1. The van der Waals surface area contributed by atoms with Gasteiger partial charge in [0.15, 0.2) is 0 Å². The Kier molecular flexibility index (Phi) is 3.09. The average Bonchev–Trinajstić information content (AvgIpc) is 2.20. The van der Waals surface area contributed by atoms with Crippen molar-refractivity contribution in [1.29, 1.82) is 0 Å². The molecule has 0 saturated carbocycles. The second kappa shape index (κ2) is 4.33. The second-order valence-electron chi connectivity index (χ2n) is 3.81. The molecule has 0 aliphatic carbocycles. The SMILES string of the molecule is Cc1ccccc1[C@H]1OCCC[C@H]1Cl. The van der Waals surface area contributed by atoms with Crippen molar-refractivity contribution in [2.45, 2.75) is 31.2 Å². The van der Waals surface area contributed by atoms with Crippen molar-refractivity contribution in [2.75, 3.05) is 6.61 Å². The highest BCUT2D eigenvalue weighted by atomic mass is 35.5. The van der Waals surface area contributed by atoms with Gasteiger partial charge in [0.1, 0.15) is 0 Å². The molecule has 76 valence electrons. The largest absolute Gasteiger partial charge is 0.372 e. The van der Waals surface area contributed by atoms with E-state index in [1.54, 1.807) is 0 Å². The molecule has 2 atom stereocenters. The Hall–Kier alpha value is -0.530. The first-order valence-electron chi connectivity index (χ1n) is 5.10. The van der Waals surface area contributed by atoms with Crippen LogP contribution in [0.15, 0.2) is 24.3 Å². The number of rotatable bonds is 1. The first-order chi connectivity index (χ1) is 6.79. The number of benzene rings is 1. The summed E-state index contributed by atoms with van der Waals surface area (Å²) in [6.45, 7) is 2.94. The third kappa shape index (κ3) is 1.94. The number of halogens is 1. The van der Waals surface area contributed by atoms with Gasteiger partial charge in [0.25, 0.3) is 0 Å². The molecule has 1 aliphatic rings. The fourth-order valence-electron chi connectivity index (χ4n) is 1.94. The third-order valence-corrected chi connectivity index (χ3v) is 3.19. The lowest BCUT2D eigenvalue weighted by molar-refractivity contribution is 0.0180. The zero-order valence-electron chi connectivity index (χ0n) is 8.37. The molecule has 0 aromatic heterocycles. The summed E-state index contributed by atoms with van der Waals surface area (Å²) in [5, 5.41) is 0.129. The monoisotopic (exact) mass is 210 g/mol. The van der Waals surface area contributed by atoms with Gasteiger partial charge in [0.2, 0.25) is 0 Å². The van der Waals surface area contributed by atoms with E-state index in [9.17, 15) is 0 Å². The summed E-state index contributed by atoms with van der Waals surface area (Å²) in [4.78, 5) is 0. The van der Waals surface area contributed by atoms with E-state index in [-0.39, 0.29) is 11.5 Å². The maximum absolute atomic E-state index is 6.26. The fourth-order valence-corrected chi connectivity index (χ4v) is 2.30. The van der Waals surface area contributed by atoms with E-state index in [4.69, 9.17) is 16.3 Å². The summed E-state index contributed by atoms with van der Waals surface area (Å²) in [5.41, 5.74) is 2.51. The molecule has 1 fully saturated rings. The highest BCUT2D eigenvalue weighted by molar-refractivity contribution is 6.21. The van der Waals surface area contributed by atoms with E-state index < -0.39 is 0 Å². The van der Waals surface area contributed by atoms with Crippen LogP contribution in [-0.4, -0.2) is 12.0 Å². The molecule has 1 aromatic rings. The first-order valence-corrected chi connectivity index (χ1v) is 5.54. The van der Waals surface area contributed by atoms with Crippen LogP contribution in [0.4, 0.5) is 0 Å². The van der Waals surface area contributed by atoms with E-state index in [0.717, 1.165) is 19.4 Å². The van der Waals surface area contributed by atoms with Crippen molar-refractivity contribution in [3.63, 3.8) is 0 Å². The molecule has 0 radical (unpaired) electrons. The highest BCUT2D eigenvalue weighted by Gasteiger charge is 2.26. The van der Waals surface area contributed by atoms with Crippen LogP contribution >= 0.6 is 11.6 Å². The van der Waals surface area contributed by atoms with Gasteiger partial charge in [-0.2, -0.15) is 0 Å². The number of hydrogen-bond donors (Lipinski definition) is 0. The summed E-state index contributed by atoms with van der Waals surface area (Å²) >= 11 is 6.26. The predicted molar refractivity (Wildman–Crippen MR) is 58.7 cm³/mol. The Morgan fingerprint density at radius 3 is 2.86 bits per heavy atom. The summed E-state index contributed by atoms with van der Waals surface area (Å²) in [6.07, 6.45) is 2.23. The first kappa shape index (κ1) is 10.0. The van der Waals surface area contributed by atoms with Gasteiger partial charge >= 0.3 is 0 Å². The van der Waals surface area contributed by atoms with Crippen LogP contribution in [0.2, 0.25) is 0 Å². The minimum Gasteiger partial charge on any atom is -0.372 e. The van der Waals surface area contributed by atoms with Crippen molar-refractivity contribution in [2.24, 2.45) is 0 Å². The van der Waals surface area contributed by atoms with Gasteiger partial charge in [-0.3, -0.25) is 0 Å². The van der Waals surface area contributed by atoms with Gasteiger partial charge in [-0.25, -0.2) is 0 Å². The lowest BCUT2D eigenvalue weighted by Crippen LogP contribution is -2.23. The normalized spacial score (nSPS) is 27.6. The highest BCUT2D eigenvalue weighted by Crippen LogP contribution is 2.33. The Labute approximate surface area is 90.0 Å². The van der Waals surface area contributed by atoms with E-state index in [1.807, 2.05) is 12.1 Å². The number of ether oxygens (including phenoxy) is 1. The summed E-state index contributed by atoms with van der Waals surface area (Å²) in [7, 11) is 0. The Morgan fingerprint density at radius 2 is 2.14 bits per heavy atom. The molecular formula is C12H15ClO. The van der Waals surface area contributed by atoms with Crippen LogP contribution in [-0.2, 0) is 4.74 Å². The maximum atomic E-state index is 6.26. The predicted octanol–water partition coefficient (Wildman–Crippen LogP) is 3.45. The second-order valence-corrected chi connectivity index (χ2v) is 4.37. The summed E-state index contributed by atoms with van der Waals surface area (Å²) in [6, 6.07) is 8.31. The van der Waals surface area contributed by atoms with Crippen molar-refractivity contribution in [3.8, 4) is 0 Å². The minimum atomic E-state index is 0.0895. The van der Waals surface area contributed by atoms with Gasteiger partial charge in [-0.15, -0.1) is 11.6 Å². The van der Waals surface area contributed by atoms with Gasteiger partial charge in [0.05, 0.1) is 11.5 Å². The standard InChI is InChI=1S/C12H15ClO/c1-9-5-2-3-6-10(9)12-11(13)7-4-8-14-12/h2-3,5-6,11-12H,4,7-8H2,1H3/t11-,12-/m1/s1. The Morgan fingerprint density at radius 1 is 1.36 bits per heavy atom. The zero-order chi connectivity index (χ0) is 9.97. The summed E-state index contributed by atoms with van der Waals surface area (Å²) < 4.78 is 5.73. The van der Waals surface area contributed by atoms with Crippen LogP contribution in [0.5, 0.6) is 0 Å². The molecule has 0 N–H and O–H groups in total. The third-order valence-electron chi connectivity index (χ3n) is 2.75. The van der Waals surface area contributed by atoms with Crippen LogP contribution < -0.4 is 0 Å². The summed E-state index contributed by atoms with van der Waals surface area (Å²) in [5.74, 6) is 0. The van der Waals surface area contributed by atoms with Crippen LogP contribution in [0.25, 0.3) is 0 Å². The van der Waals surface area contributed by atoms with Gasteiger partial charge in [0, 0.05) is 6.61 Å².